The van der Waals surface area contributed by atoms with Gasteiger partial charge in [-0.05, 0) is 31.4 Å². The Balaban J connectivity index is 0.000000171. The molecule has 1 amide bonds. The number of anilines is 1. The number of benzene rings is 1. The van der Waals surface area contributed by atoms with E-state index >= 15 is 0 Å². The molecule has 94 valence electrons. The van der Waals surface area contributed by atoms with Crippen LogP contribution in [0, 0.1) is 12.8 Å². The zero-order valence-corrected chi connectivity index (χ0v) is 10.5. The van der Waals surface area contributed by atoms with Gasteiger partial charge in [0.05, 0.1) is 0 Å². The summed E-state index contributed by atoms with van der Waals surface area (Å²) in [7, 11) is 0. The molecule has 0 spiro atoms. The first kappa shape index (κ1) is 13.6. The fourth-order valence-electron chi connectivity index (χ4n) is 1.97. The van der Waals surface area contributed by atoms with Gasteiger partial charge in [0.25, 0.3) is 0 Å². The van der Waals surface area contributed by atoms with E-state index in [0.717, 1.165) is 24.1 Å². The molecule has 0 aromatic heterocycles. The third-order valence-electron chi connectivity index (χ3n) is 3.20. The Bertz CT molecular complexity index is 336. The second kappa shape index (κ2) is 6.94. The number of hydrogen-bond acceptors (Lipinski definition) is 2. The summed E-state index contributed by atoms with van der Waals surface area (Å²) in [5.41, 5.74) is 12.7. The van der Waals surface area contributed by atoms with Gasteiger partial charge in [-0.15, -0.1) is 0 Å². The van der Waals surface area contributed by atoms with Crippen LogP contribution in [-0.2, 0) is 4.79 Å². The second-order valence-corrected chi connectivity index (χ2v) is 4.59. The lowest BCUT2D eigenvalue weighted by molar-refractivity contribution is -0.122. The Morgan fingerprint density at radius 1 is 1.18 bits per heavy atom. The molecule has 1 aromatic carbocycles. The number of nitrogen functional groups attached to an aromatic ring is 1. The number of hydrogen-bond donors (Lipinski definition) is 2. The lowest BCUT2D eigenvalue weighted by Crippen LogP contribution is -2.24. The Hall–Kier alpha value is -1.51. The number of aryl methyl sites for hydroxylation is 1. The van der Waals surface area contributed by atoms with Gasteiger partial charge in [0.2, 0.25) is 5.91 Å². The molecule has 0 bridgehead atoms. The predicted molar refractivity (Wildman–Crippen MR) is 71.4 cm³/mol. The summed E-state index contributed by atoms with van der Waals surface area (Å²) in [6.07, 6.45) is 5.70. The molecule has 1 aliphatic carbocycles. The molecule has 3 nitrogen and oxygen atoms in total. The molecule has 0 unspecified atom stereocenters. The molecule has 3 heteroatoms. The third kappa shape index (κ3) is 4.89. The van der Waals surface area contributed by atoms with Gasteiger partial charge < -0.3 is 11.5 Å². The van der Waals surface area contributed by atoms with E-state index in [1.54, 1.807) is 0 Å². The molecule has 0 heterocycles. The van der Waals surface area contributed by atoms with Crippen molar-refractivity contribution >= 4 is 11.6 Å². The van der Waals surface area contributed by atoms with Crippen molar-refractivity contribution in [3.05, 3.63) is 29.8 Å². The standard InChI is InChI=1S/C7H13NO.C7H9N/c8-7(9)6-4-2-1-3-5-6;1-6-4-2-3-5-7(6)8/h6H,1-5H2,(H2,8,9);2-5H,8H2,1H3. The molecule has 1 fully saturated rings. The maximum Gasteiger partial charge on any atom is 0.220 e. The van der Waals surface area contributed by atoms with Gasteiger partial charge in [-0.1, -0.05) is 37.5 Å². The minimum atomic E-state index is -0.102. The first-order valence-corrected chi connectivity index (χ1v) is 6.21. The summed E-state index contributed by atoms with van der Waals surface area (Å²) in [6, 6.07) is 7.80. The lowest BCUT2D eigenvalue weighted by Gasteiger charge is -2.17. The van der Waals surface area contributed by atoms with Crippen LogP contribution in [0.25, 0.3) is 0 Å². The minimum Gasteiger partial charge on any atom is -0.399 e. The molecule has 2 rings (SSSR count). The van der Waals surface area contributed by atoms with Gasteiger partial charge in [-0.25, -0.2) is 0 Å². The van der Waals surface area contributed by atoms with Gasteiger partial charge >= 0.3 is 0 Å². The highest BCUT2D eigenvalue weighted by Gasteiger charge is 2.17. The van der Waals surface area contributed by atoms with Gasteiger partial charge in [0.15, 0.2) is 0 Å². The molecule has 1 aliphatic rings. The third-order valence-corrected chi connectivity index (χ3v) is 3.20. The van der Waals surface area contributed by atoms with Crippen molar-refractivity contribution in [2.24, 2.45) is 11.7 Å². The molecule has 0 saturated heterocycles. The quantitative estimate of drug-likeness (QED) is 0.733. The van der Waals surface area contributed by atoms with Gasteiger partial charge in [0, 0.05) is 11.6 Å². The summed E-state index contributed by atoms with van der Waals surface area (Å²) < 4.78 is 0. The van der Waals surface area contributed by atoms with E-state index in [4.69, 9.17) is 11.5 Å². The van der Waals surface area contributed by atoms with E-state index in [0.29, 0.717) is 0 Å². The first-order valence-electron chi connectivity index (χ1n) is 6.21. The number of carbonyl (C=O) groups excluding carboxylic acids is 1. The molecule has 0 radical (unpaired) electrons. The number of amides is 1. The molecule has 1 aromatic rings. The van der Waals surface area contributed by atoms with E-state index in [-0.39, 0.29) is 11.8 Å². The summed E-state index contributed by atoms with van der Waals surface area (Å²) >= 11 is 0. The Morgan fingerprint density at radius 3 is 2.12 bits per heavy atom. The molecule has 1 saturated carbocycles. The minimum absolute atomic E-state index is 0.102. The number of para-hydroxylation sites is 1. The molecule has 4 N–H and O–H groups in total. The topological polar surface area (TPSA) is 69.1 Å². The average molecular weight is 234 g/mol. The Kier molecular flexibility index (Phi) is 5.53. The monoisotopic (exact) mass is 234 g/mol. The van der Waals surface area contributed by atoms with Crippen molar-refractivity contribution in [2.45, 2.75) is 39.0 Å². The fourth-order valence-corrected chi connectivity index (χ4v) is 1.97. The van der Waals surface area contributed by atoms with Gasteiger partial charge in [-0.3, -0.25) is 4.79 Å². The van der Waals surface area contributed by atoms with Crippen LogP contribution in [0.4, 0.5) is 5.69 Å². The van der Waals surface area contributed by atoms with E-state index in [1.807, 2.05) is 31.2 Å². The average Bonchev–Trinajstić information content (AvgIpc) is 2.35. The van der Waals surface area contributed by atoms with Crippen molar-refractivity contribution in [1.82, 2.24) is 0 Å². The normalized spacial score (nSPS) is 15.8. The van der Waals surface area contributed by atoms with Crippen LogP contribution in [0.3, 0.4) is 0 Å². The highest BCUT2D eigenvalue weighted by molar-refractivity contribution is 5.76. The largest absolute Gasteiger partial charge is 0.399 e. The Morgan fingerprint density at radius 2 is 1.76 bits per heavy atom. The molecule has 0 atom stereocenters. The fraction of sp³-hybridized carbons (Fsp3) is 0.500. The van der Waals surface area contributed by atoms with Crippen molar-refractivity contribution in [3.63, 3.8) is 0 Å². The van der Waals surface area contributed by atoms with Crippen molar-refractivity contribution < 1.29 is 4.79 Å². The lowest BCUT2D eigenvalue weighted by atomic mass is 9.89. The van der Waals surface area contributed by atoms with Crippen LogP contribution >= 0.6 is 0 Å². The summed E-state index contributed by atoms with van der Waals surface area (Å²) in [5.74, 6) is 0.0912. The van der Waals surface area contributed by atoms with Crippen LogP contribution in [0.15, 0.2) is 24.3 Å². The zero-order chi connectivity index (χ0) is 12.7. The highest BCUT2D eigenvalue weighted by atomic mass is 16.1. The summed E-state index contributed by atoms with van der Waals surface area (Å²) in [6.45, 7) is 2.00. The summed E-state index contributed by atoms with van der Waals surface area (Å²) in [4.78, 5) is 10.6. The van der Waals surface area contributed by atoms with Crippen LogP contribution < -0.4 is 11.5 Å². The van der Waals surface area contributed by atoms with E-state index in [9.17, 15) is 4.79 Å². The van der Waals surface area contributed by atoms with Crippen LogP contribution in [0.2, 0.25) is 0 Å². The van der Waals surface area contributed by atoms with Crippen molar-refractivity contribution in [3.8, 4) is 0 Å². The molecule has 0 aliphatic heterocycles. The predicted octanol–water partition coefficient (Wildman–Crippen LogP) is 2.63. The van der Waals surface area contributed by atoms with E-state index < -0.39 is 0 Å². The molecular formula is C14H22N2O. The van der Waals surface area contributed by atoms with Crippen molar-refractivity contribution in [2.75, 3.05) is 5.73 Å². The van der Waals surface area contributed by atoms with Crippen LogP contribution in [0.5, 0.6) is 0 Å². The zero-order valence-electron chi connectivity index (χ0n) is 10.5. The number of primary amides is 1. The van der Waals surface area contributed by atoms with Crippen LogP contribution in [0.1, 0.15) is 37.7 Å². The highest BCUT2D eigenvalue weighted by Crippen LogP contribution is 2.22. The second-order valence-electron chi connectivity index (χ2n) is 4.59. The van der Waals surface area contributed by atoms with Gasteiger partial charge in [0.1, 0.15) is 0 Å². The molecule has 17 heavy (non-hydrogen) atoms. The number of carbonyl (C=O) groups is 1. The van der Waals surface area contributed by atoms with Crippen molar-refractivity contribution in [1.29, 1.82) is 0 Å². The van der Waals surface area contributed by atoms with E-state index in [1.165, 1.54) is 19.3 Å². The number of rotatable bonds is 1. The Labute approximate surface area is 103 Å². The van der Waals surface area contributed by atoms with E-state index in [2.05, 4.69) is 0 Å². The van der Waals surface area contributed by atoms with Gasteiger partial charge in [-0.2, -0.15) is 0 Å². The van der Waals surface area contributed by atoms with Crippen LogP contribution in [-0.4, -0.2) is 5.91 Å². The molecular weight excluding hydrogens is 212 g/mol. The maximum atomic E-state index is 10.6. The maximum absolute atomic E-state index is 10.6. The smallest absolute Gasteiger partial charge is 0.220 e. The summed E-state index contributed by atoms with van der Waals surface area (Å²) in [5, 5.41) is 0. The number of nitrogens with two attached hydrogens (primary N) is 2. The first-order chi connectivity index (χ1) is 8.11. The SMILES string of the molecule is Cc1ccccc1N.NC(=O)C1CCCCC1.